The predicted octanol–water partition coefficient (Wildman–Crippen LogP) is 3.45. The molecule has 0 aliphatic heterocycles. The van der Waals surface area contributed by atoms with Crippen molar-refractivity contribution in [2.24, 2.45) is 0 Å². The first-order chi connectivity index (χ1) is 9.24. The number of unbranched alkanes of at least 4 members (excludes halogenated alkanes) is 2. The lowest BCUT2D eigenvalue weighted by Gasteiger charge is -2.03. The average Bonchev–Trinajstić information content (AvgIpc) is 2.76. The zero-order chi connectivity index (χ0) is 13.7. The summed E-state index contributed by atoms with van der Waals surface area (Å²) in [5, 5.41) is 13.0. The highest BCUT2D eigenvalue weighted by Crippen LogP contribution is 2.34. The Hall–Kier alpha value is -1.10. The van der Waals surface area contributed by atoms with Crippen LogP contribution in [-0.4, -0.2) is 24.2 Å². The maximum absolute atomic E-state index is 12.0. The number of thiophene rings is 1. The number of hydrogen-bond donors (Lipinski definition) is 2. The van der Waals surface area contributed by atoms with Crippen LogP contribution in [0.25, 0.3) is 10.1 Å². The van der Waals surface area contributed by atoms with Crippen LogP contribution in [0.2, 0.25) is 5.02 Å². The standard InChI is InChI=1S/C14H16ClNO2S/c15-12-10-6-2-3-7-11(10)19-13(12)14(18)16-8-4-1-5-9-17/h2-3,6-7,17H,1,4-5,8-9H2,(H,16,18). The molecule has 0 bridgehead atoms. The molecule has 102 valence electrons. The second kappa shape index (κ2) is 6.89. The van der Waals surface area contributed by atoms with Gasteiger partial charge in [-0.1, -0.05) is 29.8 Å². The molecule has 2 N–H and O–H groups in total. The van der Waals surface area contributed by atoms with Crippen molar-refractivity contribution >= 4 is 38.9 Å². The lowest BCUT2D eigenvalue weighted by Crippen LogP contribution is -2.23. The molecule has 0 saturated carbocycles. The fourth-order valence-electron chi connectivity index (χ4n) is 1.86. The molecule has 5 heteroatoms. The largest absolute Gasteiger partial charge is 0.396 e. The number of halogens is 1. The van der Waals surface area contributed by atoms with Gasteiger partial charge in [0.1, 0.15) is 4.88 Å². The zero-order valence-corrected chi connectivity index (χ0v) is 12.1. The first kappa shape index (κ1) is 14.3. The summed E-state index contributed by atoms with van der Waals surface area (Å²) in [6.45, 7) is 0.819. The lowest BCUT2D eigenvalue weighted by molar-refractivity contribution is 0.0957. The summed E-state index contributed by atoms with van der Waals surface area (Å²) in [6.07, 6.45) is 2.56. The van der Waals surface area contributed by atoms with Gasteiger partial charge in [0, 0.05) is 23.2 Å². The minimum Gasteiger partial charge on any atom is -0.396 e. The number of aliphatic hydroxyl groups is 1. The third-order valence-electron chi connectivity index (χ3n) is 2.86. The second-order valence-electron chi connectivity index (χ2n) is 4.28. The normalized spacial score (nSPS) is 10.8. The van der Waals surface area contributed by atoms with Crippen LogP contribution in [0.15, 0.2) is 24.3 Å². The minimum absolute atomic E-state index is 0.116. The molecule has 0 atom stereocenters. The molecule has 0 unspecified atom stereocenters. The van der Waals surface area contributed by atoms with E-state index in [1.165, 1.54) is 11.3 Å². The SMILES string of the molecule is O=C(NCCCCCO)c1sc2ccccc2c1Cl. The van der Waals surface area contributed by atoms with Crippen molar-refractivity contribution in [2.45, 2.75) is 19.3 Å². The van der Waals surface area contributed by atoms with Gasteiger partial charge in [0.05, 0.1) is 5.02 Å². The molecular weight excluding hydrogens is 282 g/mol. The van der Waals surface area contributed by atoms with Crippen LogP contribution in [-0.2, 0) is 0 Å². The quantitative estimate of drug-likeness (QED) is 0.802. The summed E-state index contributed by atoms with van der Waals surface area (Å²) in [5.74, 6) is -0.116. The van der Waals surface area contributed by atoms with Gasteiger partial charge < -0.3 is 10.4 Å². The van der Waals surface area contributed by atoms with Crippen molar-refractivity contribution in [3.8, 4) is 0 Å². The summed E-state index contributed by atoms with van der Waals surface area (Å²) in [4.78, 5) is 12.6. The van der Waals surface area contributed by atoms with E-state index in [0.29, 0.717) is 16.4 Å². The maximum atomic E-state index is 12.0. The van der Waals surface area contributed by atoms with Crippen molar-refractivity contribution in [3.05, 3.63) is 34.2 Å². The lowest BCUT2D eigenvalue weighted by atomic mass is 10.2. The van der Waals surface area contributed by atoms with Gasteiger partial charge in [-0.25, -0.2) is 0 Å². The third kappa shape index (κ3) is 3.47. The van der Waals surface area contributed by atoms with E-state index >= 15 is 0 Å². The van der Waals surface area contributed by atoms with Gasteiger partial charge in [0.25, 0.3) is 5.91 Å². The third-order valence-corrected chi connectivity index (χ3v) is 4.54. The van der Waals surface area contributed by atoms with E-state index in [9.17, 15) is 4.79 Å². The Balaban J connectivity index is 1.99. The van der Waals surface area contributed by atoms with Crippen molar-refractivity contribution in [2.75, 3.05) is 13.2 Å². The molecule has 0 spiro atoms. The van der Waals surface area contributed by atoms with E-state index in [4.69, 9.17) is 16.7 Å². The molecule has 1 aromatic heterocycles. The Labute approximate surface area is 121 Å². The Bertz CT molecular complexity index is 568. The van der Waals surface area contributed by atoms with Crippen LogP contribution >= 0.6 is 22.9 Å². The van der Waals surface area contributed by atoms with Crippen LogP contribution in [0.1, 0.15) is 28.9 Å². The molecule has 1 amide bonds. The summed E-state index contributed by atoms with van der Waals surface area (Å²) in [6, 6.07) is 7.74. The number of carbonyl (C=O) groups excluding carboxylic acids is 1. The van der Waals surface area contributed by atoms with Crippen molar-refractivity contribution in [1.82, 2.24) is 5.32 Å². The molecule has 0 saturated heterocycles. The molecule has 2 rings (SSSR count). The Kier molecular flexibility index (Phi) is 5.19. The van der Waals surface area contributed by atoms with E-state index in [1.54, 1.807) is 0 Å². The van der Waals surface area contributed by atoms with Crippen molar-refractivity contribution in [1.29, 1.82) is 0 Å². The summed E-state index contributed by atoms with van der Waals surface area (Å²) in [7, 11) is 0. The molecule has 2 aromatic rings. The highest BCUT2D eigenvalue weighted by Gasteiger charge is 2.16. The molecule has 19 heavy (non-hydrogen) atoms. The molecule has 0 fully saturated rings. The molecule has 1 aromatic carbocycles. The van der Waals surface area contributed by atoms with Gasteiger partial charge in [0.15, 0.2) is 0 Å². The van der Waals surface area contributed by atoms with Gasteiger partial charge in [-0.3, -0.25) is 4.79 Å². The van der Waals surface area contributed by atoms with Crippen molar-refractivity contribution < 1.29 is 9.90 Å². The maximum Gasteiger partial charge on any atom is 0.262 e. The first-order valence-electron chi connectivity index (χ1n) is 6.30. The van der Waals surface area contributed by atoms with Crippen LogP contribution in [0, 0.1) is 0 Å². The Morgan fingerprint density at radius 3 is 2.79 bits per heavy atom. The molecule has 0 aliphatic carbocycles. The van der Waals surface area contributed by atoms with E-state index in [0.717, 1.165) is 29.3 Å². The van der Waals surface area contributed by atoms with Gasteiger partial charge in [-0.15, -0.1) is 11.3 Å². The fourth-order valence-corrected chi connectivity index (χ4v) is 3.29. The smallest absolute Gasteiger partial charge is 0.262 e. The number of benzene rings is 1. The number of aliphatic hydroxyl groups excluding tert-OH is 1. The first-order valence-corrected chi connectivity index (χ1v) is 7.49. The molecule has 3 nitrogen and oxygen atoms in total. The monoisotopic (exact) mass is 297 g/mol. The van der Waals surface area contributed by atoms with Crippen LogP contribution in [0.4, 0.5) is 0 Å². The number of carbonyl (C=O) groups is 1. The van der Waals surface area contributed by atoms with Gasteiger partial charge >= 0.3 is 0 Å². The van der Waals surface area contributed by atoms with Crippen molar-refractivity contribution in [3.63, 3.8) is 0 Å². The number of hydrogen-bond acceptors (Lipinski definition) is 3. The summed E-state index contributed by atoms with van der Waals surface area (Å²) >= 11 is 7.65. The highest BCUT2D eigenvalue weighted by atomic mass is 35.5. The number of rotatable bonds is 6. The zero-order valence-electron chi connectivity index (χ0n) is 10.5. The Morgan fingerprint density at radius 1 is 1.26 bits per heavy atom. The summed E-state index contributed by atoms with van der Waals surface area (Å²) < 4.78 is 1.03. The van der Waals surface area contributed by atoms with Gasteiger partial charge in [-0.2, -0.15) is 0 Å². The predicted molar refractivity (Wildman–Crippen MR) is 80.1 cm³/mol. The Morgan fingerprint density at radius 2 is 2.05 bits per heavy atom. The fraction of sp³-hybridized carbons (Fsp3) is 0.357. The van der Waals surface area contributed by atoms with E-state index in [-0.39, 0.29) is 12.5 Å². The number of nitrogens with one attached hydrogen (secondary N) is 1. The van der Waals surface area contributed by atoms with E-state index < -0.39 is 0 Å². The highest BCUT2D eigenvalue weighted by molar-refractivity contribution is 7.21. The van der Waals surface area contributed by atoms with Gasteiger partial charge in [-0.05, 0) is 25.3 Å². The van der Waals surface area contributed by atoms with Gasteiger partial charge in [0.2, 0.25) is 0 Å². The van der Waals surface area contributed by atoms with E-state index in [2.05, 4.69) is 5.32 Å². The molecule has 0 radical (unpaired) electrons. The van der Waals surface area contributed by atoms with Crippen LogP contribution in [0.3, 0.4) is 0 Å². The number of amides is 1. The van der Waals surface area contributed by atoms with E-state index in [1.807, 2.05) is 24.3 Å². The number of fused-ring (bicyclic) bond motifs is 1. The molecule has 0 aliphatic rings. The second-order valence-corrected chi connectivity index (χ2v) is 5.71. The average molecular weight is 298 g/mol. The van der Waals surface area contributed by atoms with Crippen LogP contribution < -0.4 is 5.32 Å². The minimum atomic E-state index is -0.116. The van der Waals surface area contributed by atoms with Crippen LogP contribution in [0.5, 0.6) is 0 Å². The topological polar surface area (TPSA) is 49.3 Å². The molecule has 1 heterocycles. The summed E-state index contributed by atoms with van der Waals surface area (Å²) in [5.41, 5.74) is 0. The molecular formula is C14H16ClNO2S.